The minimum absolute atomic E-state index is 0.0487. The molecule has 11 heavy (non-hydrogen) atoms. The van der Waals surface area contributed by atoms with E-state index in [1.807, 2.05) is 0 Å². The lowest BCUT2D eigenvalue weighted by molar-refractivity contribution is 0.0839. The summed E-state index contributed by atoms with van der Waals surface area (Å²) in [6, 6.07) is 0.521. The van der Waals surface area contributed by atoms with Crippen LogP contribution in [0.25, 0.3) is 0 Å². The van der Waals surface area contributed by atoms with Crippen LogP contribution in [0.15, 0.2) is 0 Å². The summed E-state index contributed by atoms with van der Waals surface area (Å²) in [7, 11) is 4.16. The predicted molar refractivity (Wildman–Crippen MR) is 46.5 cm³/mol. The fraction of sp³-hybridized carbons (Fsp3) is 1.00. The summed E-state index contributed by atoms with van der Waals surface area (Å²) >= 11 is 0. The minimum atomic E-state index is -0.0487. The number of hydrogen-bond donors (Lipinski definition) is 1. The molecular weight excluding hydrogens is 138 g/mol. The van der Waals surface area contributed by atoms with Gasteiger partial charge in [0.25, 0.3) is 0 Å². The molecule has 0 spiro atoms. The Bertz CT molecular complexity index is 125. The summed E-state index contributed by atoms with van der Waals surface area (Å²) in [4.78, 5) is 2.19. The molecule has 0 radical (unpaired) electrons. The van der Waals surface area contributed by atoms with Gasteiger partial charge in [-0.15, -0.1) is 0 Å². The molecule has 2 nitrogen and oxygen atoms in total. The second kappa shape index (κ2) is 3.55. The fourth-order valence-corrected chi connectivity index (χ4v) is 1.91. The Morgan fingerprint density at radius 3 is 2.36 bits per heavy atom. The molecule has 66 valence electrons. The van der Waals surface area contributed by atoms with Crippen molar-refractivity contribution in [1.29, 1.82) is 0 Å². The number of aliphatic hydroxyl groups excluding tert-OH is 1. The summed E-state index contributed by atoms with van der Waals surface area (Å²) in [6.07, 6.45) is 3.35. The van der Waals surface area contributed by atoms with Gasteiger partial charge < -0.3 is 10.0 Å². The van der Waals surface area contributed by atoms with Gasteiger partial charge in [0.05, 0.1) is 6.10 Å². The van der Waals surface area contributed by atoms with E-state index in [1.54, 1.807) is 0 Å². The highest BCUT2D eigenvalue weighted by Gasteiger charge is 2.30. The van der Waals surface area contributed by atoms with E-state index in [1.165, 1.54) is 12.8 Å². The van der Waals surface area contributed by atoms with Gasteiger partial charge in [-0.2, -0.15) is 0 Å². The van der Waals surface area contributed by atoms with Gasteiger partial charge in [0, 0.05) is 12.0 Å². The molecule has 1 rings (SSSR count). The summed E-state index contributed by atoms with van der Waals surface area (Å²) in [5.74, 6) is 0.505. The van der Waals surface area contributed by atoms with Crippen LogP contribution in [-0.2, 0) is 0 Å². The van der Waals surface area contributed by atoms with E-state index in [9.17, 15) is 5.11 Å². The zero-order valence-electron chi connectivity index (χ0n) is 7.75. The number of nitrogens with zero attached hydrogens (tertiary/aromatic N) is 1. The van der Waals surface area contributed by atoms with Crippen LogP contribution in [0.3, 0.4) is 0 Å². The third-order valence-corrected chi connectivity index (χ3v) is 2.97. The normalized spacial score (nSPS) is 34.6. The molecule has 0 amide bonds. The first kappa shape index (κ1) is 9.01. The monoisotopic (exact) mass is 157 g/mol. The van der Waals surface area contributed by atoms with Crippen LogP contribution in [0.2, 0.25) is 0 Å². The zero-order valence-corrected chi connectivity index (χ0v) is 7.75. The third-order valence-electron chi connectivity index (χ3n) is 2.97. The van der Waals surface area contributed by atoms with Gasteiger partial charge in [-0.05, 0) is 33.9 Å². The van der Waals surface area contributed by atoms with Crippen molar-refractivity contribution in [2.45, 2.75) is 38.3 Å². The molecule has 0 saturated heterocycles. The second-order valence-electron chi connectivity index (χ2n) is 3.87. The summed E-state index contributed by atoms with van der Waals surface area (Å²) in [5, 5.41) is 9.58. The second-order valence-corrected chi connectivity index (χ2v) is 3.87. The standard InChI is InChI=1S/C9H19NO/c1-7(10(2)3)8-5-4-6-9(8)11/h7-9,11H,4-6H2,1-3H3/t7-,8?,9?/m1/s1. The molecule has 0 aromatic heterocycles. The predicted octanol–water partition coefficient (Wildman–Crippen LogP) is 1.10. The highest BCUT2D eigenvalue weighted by molar-refractivity contribution is 4.83. The molecule has 0 aliphatic heterocycles. The van der Waals surface area contributed by atoms with Crippen molar-refractivity contribution in [3.05, 3.63) is 0 Å². The van der Waals surface area contributed by atoms with Gasteiger partial charge in [-0.1, -0.05) is 6.42 Å². The number of rotatable bonds is 2. The third kappa shape index (κ3) is 1.94. The van der Waals surface area contributed by atoms with E-state index in [-0.39, 0.29) is 6.10 Å². The van der Waals surface area contributed by atoms with Gasteiger partial charge in [0.2, 0.25) is 0 Å². The van der Waals surface area contributed by atoms with E-state index >= 15 is 0 Å². The number of hydrogen-bond acceptors (Lipinski definition) is 2. The lowest BCUT2D eigenvalue weighted by Gasteiger charge is -2.28. The summed E-state index contributed by atoms with van der Waals surface area (Å²) in [6.45, 7) is 2.19. The number of aliphatic hydroxyl groups is 1. The minimum Gasteiger partial charge on any atom is -0.393 e. The van der Waals surface area contributed by atoms with Gasteiger partial charge >= 0.3 is 0 Å². The van der Waals surface area contributed by atoms with E-state index in [0.717, 1.165) is 6.42 Å². The maximum atomic E-state index is 9.58. The topological polar surface area (TPSA) is 23.5 Å². The lowest BCUT2D eigenvalue weighted by Crippen LogP contribution is -2.36. The van der Waals surface area contributed by atoms with Crippen LogP contribution >= 0.6 is 0 Å². The van der Waals surface area contributed by atoms with Crippen LogP contribution in [-0.4, -0.2) is 36.2 Å². The van der Waals surface area contributed by atoms with Crippen molar-refractivity contribution in [1.82, 2.24) is 4.90 Å². The largest absolute Gasteiger partial charge is 0.393 e. The van der Waals surface area contributed by atoms with E-state index in [4.69, 9.17) is 0 Å². The van der Waals surface area contributed by atoms with Gasteiger partial charge in [-0.25, -0.2) is 0 Å². The average Bonchev–Trinajstić information content (AvgIpc) is 2.33. The maximum absolute atomic E-state index is 9.58. The molecule has 3 atom stereocenters. The Morgan fingerprint density at radius 1 is 1.36 bits per heavy atom. The zero-order chi connectivity index (χ0) is 8.43. The van der Waals surface area contributed by atoms with Crippen LogP contribution in [0.4, 0.5) is 0 Å². The van der Waals surface area contributed by atoms with E-state index in [2.05, 4.69) is 25.9 Å². The molecular formula is C9H19NO. The summed E-state index contributed by atoms with van der Waals surface area (Å²) < 4.78 is 0. The van der Waals surface area contributed by atoms with E-state index in [0.29, 0.717) is 12.0 Å². The molecule has 1 fully saturated rings. The van der Waals surface area contributed by atoms with Crippen LogP contribution in [0, 0.1) is 5.92 Å². The smallest absolute Gasteiger partial charge is 0.0583 e. The average molecular weight is 157 g/mol. The van der Waals surface area contributed by atoms with Crippen LogP contribution in [0.1, 0.15) is 26.2 Å². The Balaban J connectivity index is 2.45. The molecule has 0 heterocycles. The lowest BCUT2D eigenvalue weighted by atomic mass is 9.97. The van der Waals surface area contributed by atoms with Crippen molar-refractivity contribution in [3.8, 4) is 0 Å². The van der Waals surface area contributed by atoms with Crippen LogP contribution in [0.5, 0.6) is 0 Å². The van der Waals surface area contributed by atoms with Crippen molar-refractivity contribution in [3.63, 3.8) is 0 Å². The molecule has 1 aliphatic carbocycles. The quantitative estimate of drug-likeness (QED) is 0.649. The van der Waals surface area contributed by atoms with Crippen molar-refractivity contribution in [2.75, 3.05) is 14.1 Å². The van der Waals surface area contributed by atoms with Crippen molar-refractivity contribution in [2.24, 2.45) is 5.92 Å². The van der Waals surface area contributed by atoms with Gasteiger partial charge in [0.1, 0.15) is 0 Å². The van der Waals surface area contributed by atoms with Crippen LogP contribution < -0.4 is 0 Å². The Kier molecular flexibility index (Phi) is 2.90. The van der Waals surface area contributed by atoms with Gasteiger partial charge in [-0.3, -0.25) is 0 Å². The Morgan fingerprint density at radius 2 is 2.00 bits per heavy atom. The molecule has 1 aliphatic rings. The highest BCUT2D eigenvalue weighted by Crippen LogP contribution is 2.29. The molecule has 2 heteroatoms. The Hall–Kier alpha value is -0.0800. The SMILES string of the molecule is C[C@H](C1CCCC1O)N(C)C. The van der Waals surface area contributed by atoms with E-state index < -0.39 is 0 Å². The molecule has 1 N–H and O–H groups in total. The first-order chi connectivity index (χ1) is 5.13. The molecule has 0 aromatic rings. The Labute approximate surface area is 69.2 Å². The molecule has 0 bridgehead atoms. The first-order valence-corrected chi connectivity index (χ1v) is 4.47. The van der Waals surface area contributed by atoms with Crippen molar-refractivity contribution >= 4 is 0 Å². The molecule has 1 saturated carbocycles. The first-order valence-electron chi connectivity index (χ1n) is 4.47. The molecule has 2 unspecified atom stereocenters. The fourth-order valence-electron chi connectivity index (χ4n) is 1.91. The highest BCUT2D eigenvalue weighted by atomic mass is 16.3. The maximum Gasteiger partial charge on any atom is 0.0583 e. The van der Waals surface area contributed by atoms with Crippen molar-refractivity contribution < 1.29 is 5.11 Å². The summed E-state index contributed by atoms with van der Waals surface area (Å²) in [5.41, 5.74) is 0. The molecule has 0 aromatic carbocycles. The van der Waals surface area contributed by atoms with Gasteiger partial charge in [0.15, 0.2) is 0 Å².